The van der Waals surface area contributed by atoms with E-state index in [1.165, 1.54) is 61.5 Å². The molecule has 2 aromatic carbocycles. The number of hydrogen-bond donors (Lipinski definition) is 0. The summed E-state index contributed by atoms with van der Waals surface area (Å²) in [5.74, 6) is -0.110. The number of alkyl halides is 6. The van der Waals surface area contributed by atoms with Gasteiger partial charge >= 0.3 is 24.1 Å². The summed E-state index contributed by atoms with van der Waals surface area (Å²) in [4.78, 5) is 7.63. The Morgan fingerprint density at radius 1 is 0.535 bits per heavy atom. The number of hydrogen-bond acceptors (Lipinski definition) is 6. The number of rotatable bonds is 6. The minimum atomic E-state index is -4.36. The smallest absolute Gasteiger partial charge is 0.416 e. The largest absolute Gasteiger partial charge is 0.577 e. The minimum Gasteiger partial charge on any atom is -0.577 e. The van der Waals surface area contributed by atoms with Gasteiger partial charge in [-0.2, -0.15) is 36.5 Å². The van der Waals surface area contributed by atoms with Crippen molar-refractivity contribution in [1.82, 2.24) is 9.97 Å². The summed E-state index contributed by atoms with van der Waals surface area (Å²) in [6, 6.07) is 15.5. The van der Waals surface area contributed by atoms with Gasteiger partial charge in [0, 0.05) is 41.3 Å². The summed E-state index contributed by atoms with van der Waals surface area (Å²) >= 11 is 0. The molecule has 15 heteroatoms. The van der Waals surface area contributed by atoms with Crippen LogP contribution in [0.3, 0.4) is 0 Å². The standard InChI is InChI=1S/2C14H10F3N3O.Ni/c2*15-14(16,17)12-3-1-10(2-4-12)9-19-20-13(21)11-5-7-18-8-6-11;/h2*1-9H,(H,20,21);/p+2/b2*19-9+;. The van der Waals surface area contributed by atoms with Gasteiger partial charge in [0.1, 0.15) is 0 Å². The fourth-order valence-corrected chi connectivity index (χ4v) is 2.96. The second-order valence-corrected chi connectivity index (χ2v) is 8.10. The van der Waals surface area contributed by atoms with Crippen LogP contribution in [0.5, 0.6) is 0 Å². The molecule has 226 valence electrons. The van der Waals surface area contributed by atoms with Gasteiger partial charge in [-0.15, -0.1) is 0 Å². The molecule has 4 aromatic rings. The monoisotopic (exact) mass is 646 g/mol. The Kier molecular flexibility index (Phi) is 12.7. The maximum atomic E-state index is 12.4. The first-order valence-electron chi connectivity index (χ1n) is 11.7. The van der Waals surface area contributed by atoms with Gasteiger partial charge in [0.05, 0.1) is 34.7 Å². The molecule has 4 rings (SSSR count). The predicted molar refractivity (Wildman–Crippen MR) is 147 cm³/mol. The normalized spacial score (nSPS) is 12.5. The molecule has 2 aromatic heterocycles. The quantitative estimate of drug-likeness (QED) is 0.0714. The van der Waals surface area contributed by atoms with Gasteiger partial charge in [-0.05, 0) is 59.7 Å². The summed E-state index contributed by atoms with van der Waals surface area (Å²) in [7, 11) is 0. The molecule has 0 bridgehead atoms. The van der Waals surface area contributed by atoms with Crippen molar-refractivity contribution in [2.24, 2.45) is 20.4 Å². The topological polar surface area (TPSA) is 121 Å². The zero-order valence-corrected chi connectivity index (χ0v) is 22.6. The van der Waals surface area contributed by atoms with Crippen molar-refractivity contribution in [3.8, 4) is 0 Å². The number of halogens is 6. The van der Waals surface area contributed by atoms with E-state index in [1.807, 2.05) is 0 Å². The Labute approximate surface area is 250 Å². The molecule has 4 N–H and O–H groups in total. The van der Waals surface area contributed by atoms with Crippen molar-refractivity contribution in [1.29, 1.82) is 0 Å². The molecular weight excluding hydrogens is 625 g/mol. The number of pyridine rings is 2. The number of aromatic nitrogens is 2. The molecule has 0 aliphatic rings. The fourth-order valence-electron chi connectivity index (χ4n) is 2.96. The first-order chi connectivity index (χ1) is 19.9. The Bertz CT molecular complexity index is 1420. The van der Waals surface area contributed by atoms with E-state index in [-0.39, 0.29) is 28.3 Å². The van der Waals surface area contributed by atoms with Gasteiger partial charge < -0.3 is 10.2 Å². The van der Waals surface area contributed by atoms with E-state index < -0.39 is 23.5 Å². The maximum absolute atomic E-state index is 12.4. The maximum Gasteiger partial charge on any atom is 0.416 e. The molecule has 0 aliphatic heterocycles. The molecule has 0 aliphatic carbocycles. The Morgan fingerprint density at radius 2 is 0.837 bits per heavy atom. The van der Waals surface area contributed by atoms with Crippen molar-refractivity contribution in [2.75, 3.05) is 0 Å². The van der Waals surface area contributed by atoms with E-state index in [0.29, 0.717) is 22.3 Å². The molecule has 0 saturated carbocycles. The van der Waals surface area contributed by atoms with Gasteiger partial charge in [-0.3, -0.25) is 9.97 Å². The van der Waals surface area contributed by atoms with Crippen LogP contribution < -0.4 is 0 Å². The van der Waals surface area contributed by atoms with Gasteiger partial charge in [0.2, 0.25) is 0 Å². The molecule has 0 saturated heterocycles. The fraction of sp³-hybridized carbons (Fsp3) is 0.0714. The van der Waals surface area contributed by atoms with Crippen LogP contribution in [0.15, 0.2) is 118 Å². The Morgan fingerprint density at radius 3 is 1.12 bits per heavy atom. The summed E-state index contributed by atoms with van der Waals surface area (Å²) in [5, 5.41) is 30.0. The summed E-state index contributed by atoms with van der Waals surface area (Å²) < 4.78 is 74.3. The second kappa shape index (κ2) is 15.9. The van der Waals surface area contributed by atoms with E-state index in [9.17, 15) is 26.3 Å². The minimum absolute atomic E-state index is 0. The molecule has 8 nitrogen and oxygen atoms in total. The molecule has 43 heavy (non-hydrogen) atoms. The van der Waals surface area contributed by atoms with E-state index in [0.717, 1.165) is 24.3 Å². The van der Waals surface area contributed by atoms with Crippen LogP contribution in [0.4, 0.5) is 26.3 Å². The molecule has 0 unspecified atom stereocenters. The first-order valence-corrected chi connectivity index (χ1v) is 11.7. The van der Waals surface area contributed by atoms with Crippen LogP contribution in [0.25, 0.3) is 0 Å². The van der Waals surface area contributed by atoms with E-state index in [1.54, 1.807) is 24.3 Å². The van der Waals surface area contributed by atoms with Crippen LogP contribution >= 0.6 is 0 Å². The molecule has 0 spiro atoms. The number of nitrogens with zero attached hydrogens (tertiary/aromatic N) is 6. The van der Waals surface area contributed by atoms with Crippen LogP contribution in [0, 0.1) is 0 Å². The molecule has 0 atom stereocenters. The van der Waals surface area contributed by atoms with E-state index in [2.05, 4.69) is 30.4 Å². The van der Waals surface area contributed by atoms with Crippen molar-refractivity contribution in [3.63, 3.8) is 0 Å². The number of benzene rings is 2. The molecule has 0 fully saturated rings. The predicted octanol–water partition coefficient (Wildman–Crippen LogP) is 5.21. The zero-order chi connectivity index (χ0) is 30.6. The first kappa shape index (κ1) is 34.3. The third-order valence-corrected chi connectivity index (χ3v) is 5.11. The summed E-state index contributed by atoms with van der Waals surface area (Å²) in [5.41, 5.74) is 0.593. The van der Waals surface area contributed by atoms with Crippen LogP contribution in [-0.4, -0.2) is 44.4 Å². The molecule has 2 heterocycles. The third-order valence-electron chi connectivity index (χ3n) is 5.11. The van der Waals surface area contributed by atoms with Crippen molar-refractivity contribution in [3.05, 3.63) is 131 Å². The Hall–Kier alpha value is -4.91. The Balaban J connectivity index is 0.000000293. The SMILES string of the molecule is [Ni].[OH2+]/C(=N\N=C\c1ccc(C(F)(F)F)cc1)c1ccncc1.[OH2+]/C(=N\N=C\c1ccc(C(F)(F)F)cc1)c1ccncc1. The van der Waals surface area contributed by atoms with Crippen molar-refractivity contribution < 1.29 is 53.0 Å². The third kappa shape index (κ3) is 11.5. The van der Waals surface area contributed by atoms with Gasteiger partial charge in [0.15, 0.2) is 0 Å². The molecular formula is C28H22F6N6NiO2+2. The summed E-state index contributed by atoms with van der Waals surface area (Å²) in [6.07, 6.45) is -0.0331. The van der Waals surface area contributed by atoms with E-state index in [4.69, 9.17) is 10.2 Å². The molecule has 0 radical (unpaired) electrons. The van der Waals surface area contributed by atoms with Crippen LogP contribution in [-0.2, 0) is 28.8 Å². The van der Waals surface area contributed by atoms with Crippen molar-refractivity contribution in [2.45, 2.75) is 12.4 Å². The average Bonchev–Trinajstić information content (AvgIpc) is 2.98. The van der Waals surface area contributed by atoms with Gasteiger partial charge in [-0.25, -0.2) is 0 Å². The van der Waals surface area contributed by atoms with Crippen LogP contribution in [0.1, 0.15) is 33.4 Å². The zero-order valence-electron chi connectivity index (χ0n) is 21.7. The van der Waals surface area contributed by atoms with E-state index >= 15 is 0 Å². The van der Waals surface area contributed by atoms with Gasteiger partial charge in [-0.1, -0.05) is 34.5 Å². The summed E-state index contributed by atoms with van der Waals surface area (Å²) in [6.45, 7) is 0. The second-order valence-electron chi connectivity index (χ2n) is 8.10. The van der Waals surface area contributed by atoms with Gasteiger partial charge in [0.25, 0.3) is 0 Å². The molecule has 0 amide bonds. The van der Waals surface area contributed by atoms with Crippen LogP contribution in [0.2, 0.25) is 0 Å². The average molecular weight is 647 g/mol. The van der Waals surface area contributed by atoms with Crippen molar-refractivity contribution >= 4 is 24.2 Å².